The highest BCUT2D eigenvalue weighted by Gasteiger charge is 2.14. The van der Waals surface area contributed by atoms with Gasteiger partial charge in [0.1, 0.15) is 10.0 Å². The molecule has 0 aliphatic heterocycles. The van der Waals surface area contributed by atoms with Gasteiger partial charge in [-0.3, -0.25) is 10.1 Å². The molecule has 20 heavy (non-hydrogen) atoms. The van der Waals surface area contributed by atoms with E-state index in [-0.39, 0.29) is 25.7 Å². The number of hydrogen-bond donors (Lipinski definition) is 1. The summed E-state index contributed by atoms with van der Waals surface area (Å²) in [5.41, 5.74) is 0.231. The number of esters is 1. The average molecular weight is 332 g/mol. The van der Waals surface area contributed by atoms with Gasteiger partial charge in [0.2, 0.25) is 0 Å². The number of carbonyl (C=O) groups excluding carboxylic acids is 2. The SMILES string of the molecule is COC(=O)c1cnc(NC(=O)c2cnc(Cl)c(Cl)c2)s1. The van der Waals surface area contributed by atoms with Gasteiger partial charge >= 0.3 is 5.97 Å². The first-order chi connectivity index (χ1) is 9.51. The average Bonchev–Trinajstić information content (AvgIpc) is 2.89. The van der Waals surface area contributed by atoms with E-state index in [1.165, 1.54) is 25.6 Å². The van der Waals surface area contributed by atoms with Gasteiger partial charge in [0, 0.05) is 6.20 Å². The number of nitrogens with one attached hydrogen (secondary N) is 1. The number of carbonyl (C=O) groups is 2. The van der Waals surface area contributed by atoms with Crippen LogP contribution in [0.2, 0.25) is 10.2 Å². The summed E-state index contributed by atoms with van der Waals surface area (Å²) in [7, 11) is 1.27. The van der Waals surface area contributed by atoms with Crippen LogP contribution in [0, 0.1) is 0 Å². The van der Waals surface area contributed by atoms with Gasteiger partial charge in [-0.1, -0.05) is 34.5 Å². The molecule has 0 saturated heterocycles. The van der Waals surface area contributed by atoms with Crippen LogP contribution in [0.15, 0.2) is 18.5 Å². The number of hydrogen-bond acceptors (Lipinski definition) is 6. The van der Waals surface area contributed by atoms with Gasteiger partial charge in [0.05, 0.1) is 23.9 Å². The van der Waals surface area contributed by atoms with E-state index >= 15 is 0 Å². The molecule has 2 aromatic heterocycles. The predicted octanol–water partition coefficient (Wildman–Crippen LogP) is 2.88. The third kappa shape index (κ3) is 3.24. The number of halogens is 2. The second kappa shape index (κ2) is 6.17. The molecule has 0 aliphatic carbocycles. The smallest absolute Gasteiger partial charge is 0.349 e. The molecule has 104 valence electrons. The van der Waals surface area contributed by atoms with Gasteiger partial charge in [0.25, 0.3) is 5.91 Å². The zero-order valence-corrected chi connectivity index (χ0v) is 12.3. The van der Waals surface area contributed by atoms with Crippen molar-refractivity contribution in [3.8, 4) is 0 Å². The van der Waals surface area contributed by atoms with Gasteiger partial charge in [0.15, 0.2) is 5.13 Å². The van der Waals surface area contributed by atoms with Crippen LogP contribution >= 0.6 is 34.5 Å². The Morgan fingerprint density at radius 2 is 2.05 bits per heavy atom. The van der Waals surface area contributed by atoms with Gasteiger partial charge < -0.3 is 4.74 Å². The fourth-order valence-corrected chi connectivity index (χ4v) is 2.24. The van der Waals surface area contributed by atoms with E-state index in [0.29, 0.717) is 0 Å². The lowest BCUT2D eigenvalue weighted by Crippen LogP contribution is -2.12. The first-order valence-electron chi connectivity index (χ1n) is 5.18. The lowest BCUT2D eigenvalue weighted by Gasteiger charge is -2.02. The maximum atomic E-state index is 11.9. The Morgan fingerprint density at radius 1 is 1.30 bits per heavy atom. The summed E-state index contributed by atoms with van der Waals surface area (Å²) in [5.74, 6) is -0.971. The Bertz CT molecular complexity index is 675. The minimum Gasteiger partial charge on any atom is -0.465 e. The van der Waals surface area contributed by atoms with Crippen molar-refractivity contribution >= 4 is 51.5 Å². The minimum atomic E-state index is -0.515. The van der Waals surface area contributed by atoms with Crippen LogP contribution in [-0.4, -0.2) is 29.0 Å². The fourth-order valence-electron chi connectivity index (χ4n) is 1.24. The van der Waals surface area contributed by atoms with E-state index in [0.717, 1.165) is 11.3 Å². The summed E-state index contributed by atoms with van der Waals surface area (Å²) in [5, 5.41) is 3.08. The van der Waals surface area contributed by atoms with E-state index < -0.39 is 11.9 Å². The highest BCUT2D eigenvalue weighted by molar-refractivity contribution is 7.17. The lowest BCUT2D eigenvalue weighted by atomic mass is 10.3. The summed E-state index contributed by atoms with van der Waals surface area (Å²) in [4.78, 5) is 31.1. The van der Waals surface area contributed by atoms with E-state index in [9.17, 15) is 9.59 Å². The van der Waals surface area contributed by atoms with Crippen LogP contribution in [-0.2, 0) is 4.74 Å². The van der Waals surface area contributed by atoms with Crippen molar-refractivity contribution in [2.24, 2.45) is 0 Å². The summed E-state index contributed by atoms with van der Waals surface area (Å²) in [6, 6.07) is 1.39. The van der Waals surface area contributed by atoms with E-state index in [4.69, 9.17) is 23.2 Å². The van der Waals surface area contributed by atoms with Gasteiger partial charge in [-0.25, -0.2) is 14.8 Å². The van der Waals surface area contributed by atoms with Crippen LogP contribution in [0.4, 0.5) is 5.13 Å². The standard InChI is InChI=1S/C11H7Cl2N3O3S/c1-19-10(18)7-4-15-11(20-7)16-9(17)5-2-6(12)8(13)14-3-5/h2-4H,1H3,(H,15,16,17). The van der Waals surface area contributed by atoms with Crippen LogP contribution in [0.3, 0.4) is 0 Å². The van der Waals surface area contributed by atoms with Gasteiger partial charge in [-0.2, -0.15) is 0 Å². The van der Waals surface area contributed by atoms with Crippen LogP contribution < -0.4 is 5.32 Å². The van der Waals surface area contributed by atoms with Gasteiger partial charge in [-0.05, 0) is 6.07 Å². The molecule has 6 nitrogen and oxygen atoms in total. The molecule has 0 fully saturated rings. The molecular weight excluding hydrogens is 325 g/mol. The number of thiazole rings is 1. The molecule has 1 amide bonds. The van der Waals surface area contributed by atoms with E-state index in [1.807, 2.05) is 0 Å². The fraction of sp³-hybridized carbons (Fsp3) is 0.0909. The molecule has 0 aliphatic rings. The Morgan fingerprint density at radius 3 is 2.70 bits per heavy atom. The number of amides is 1. The van der Waals surface area contributed by atoms with Crippen LogP contribution in [0.1, 0.15) is 20.0 Å². The van der Waals surface area contributed by atoms with E-state index in [2.05, 4.69) is 20.0 Å². The predicted molar refractivity (Wildman–Crippen MR) is 75.7 cm³/mol. The summed E-state index contributed by atoms with van der Waals surface area (Å²) >= 11 is 12.4. The highest BCUT2D eigenvalue weighted by Crippen LogP contribution is 2.22. The molecule has 9 heteroatoms. The Kier molecular flexibility index (Phi) is 4.53. The maximum absolute atomic E-state index is 11.9. The van der Waals surface area contributed by atoms with Gasteiger partial charge in [-0.15, -0.1) is 0 Å². The van der Waals surface area contributed by atoms with Crippen LogP contribution in [0.25, 0.3) is 0 Å². The molecule has 0 radical (unpaired) electrons. The van der Waals surface area contributed by atoms with Crippen molar-refractivity contribution in [2.45, 2.75) is 0 Å². The number of ether oxygens (including phenoxy) is 1. The first-order valence-corrected chi connectivity index (χ1v) is 6.75. The van der Waals surface area contributed by atoms with Crippen molar-refractivity contribution in [3.05, 3.63) is 39.1 Å². The molecule has 2 aromatic rings. The molecule has 0 atom stereocenters. The monoisotopic (exact) mass is 331 g/mol. The molecule has 0 aromatic carbocycles. The second-order valence-electron chi connectivity index (χ2n) is 3.47. The highest BCUT2D eigenvalue weighted by atomic mass is 35.5. The third-order valence-electron chi connectivity index (χ3n) is 2.17. The number of nitrogens with zero attached hydrogens (tertiary/aromatic N) is 2. The summed E-state index contributed by atoms with van der Waals surface area (Å²) < 4.78 is 4.54. The first kappa shape index (κ1) is 14.7. The topological polar surface area (TPSA) is 81.2 Å². The second-order valence-corrected chi connectivity index (χ2v) is 5.27. The molecule has 0 unspecified atom stereocenters. The Labute approximate surface area is 127 Å². The molecule has 2 heterocycles. The molecule has 0 bridgehead atoms. The number of rotatable bonds is 3. The van der Waals surface area contributed by atoms with Crippen molar-refractivity contribution in [1.29, 1.82) is 0 Å². The Balaban J connectivity index is 2.13. The molecule has 0 spiro atoms. The zero-order chi connectivity index (χ0) is 14.7. The summed E-state index contributed by atoms with van der Waals surface area (Å²) in [6.07, 6.45) is 2.61. The number of pyridine rings is 1. The van der Waals surface area contributed by atoms with Crippen LogP contribution in [0.5, 0.6) is 0 Å². The normalized spacial score (nSPS) is 10.2. The molecule has 1 N–H and O–H groups in total. The molecule has 0 saturated carbocycles. The molecular formula is C11H7Cl2N3O3S. The third-order valence-corrected chi connectivity index (χ3v) is 3.75. The number of aromatic nitrogens is 2. The van der Waals surface area contributed by atoms with Crippen molar-refractivity contribution in [3.63, 3.8) is 0 Å². The largest absolute Gasteiger partial charge is 0.465 e. The minimum absolute atomic E-state index is 0.116. The maximum Gasteiger partial charge on any atom is 0.349 e. The van der Waals surface area contributed by atoms with E-state index in [1.54, 1.807) is 0 Å². The van der Waals surface area contributed by atoms with Crippen molar-refractivity contribution in [1.82, 2.24) is 9.97 Å². The zero-order valence-electron chi connectivity index (χ0n) is 10.0. The number of methoxy groups -OCH3 is 1. The number of anilines is 1. The van der Waals surface area contributed by atoms with Crippen molar-refractivity contribution in [2.75, 3.05) is 12.4 Å². The quantitative estimate of drug-likeness (QED) is 0.690. The molecule has 2 rings (SSSR count). The summed E-state index contributed by atoms with van der Waals surface area (Å²) in [6.45, 7) is 0. The van der Waals surface area contributed by atoms with Crippen molar-refractivity contribution < 1.29 is 14.3 Å². The lowest BCUT2D eigenvalue weighted by molar-refractivity contribution is 0.0606. The Hall–Kier alpha value is -1.70.